The van der Waals surface area contributed by atoms with Gasteiger partial charge in [-0.15, -0.1) is 0 Å². The number of aromatic nitrogens is 2. The molecule has 2 aromatic heterocycles. The van der Waals surface area contributed by atoms with Crippen LogP contribution in [0.4, 0.5) is 10.2 Å². The summed E-state index contributed by atoms with van der Waals surface area (Å²) in [7, 11) is 0. The summed E-state index contributed by atoms with van der Waals surface area (Å²) in [6.45, 7) is 5.29. The highest BCUT2D eigenvalue weighted by molar-refractivity contribution is 9.10. The first-order valence-electron chi connectivity index (χ1n) is 12.6. The number of carbonyl (C=O) groups is 3. The molecule has 1 saturated heterocycles. The van der Waals surface area contributed by atoms with E-state index in [9.17, 15) is 18.8 Å². The second kappa shape index (κ2) is 11.1. The molecule has 0 saturated carbocycles. The maximum absolute atomic E-state index is 13.4. The van der Waals surface area contributed by atoms with Crippen molar-refractivity contribution >= 4 is 51.4 Å². The van der Waals surface area contributed by atoms with E-state index in [0.717, 1.165) is 24.8 Å². The highest BCUT2D eigenvalue weighted by atomic mass is 79.9. The van der Waals surface area contributed by atoms with Crippen LogP contribution in [-0.2, 0) is 0 Å². The molecule has 4 heterocycles. The second-order valence-electron chi connectivity index (χ2n) is 10.3. The molecule has 202 valence electrons. The fraction of sp³-hybridized carbons (Fsp3) is 0.321. The Morgan fingerprint density at radius 3 is 2.49 bits per heavy atom. The lowest BCUT2D eigenvalue weighted by Crippen LogP contribution is -2.40. The fourth-order valence-electron chi connectivity index (χ4n) is 5.34. The van der Waals surface area contributed by atoms with Crippen molar-refractivity contribution in [3.8, 4) is 0 Å². The number of pyridine rings is 2. The van der Waals surface area contributed by atoms with E-state index in [4.69, 9.17) is 0 Å². The number of halogens is 2. The Labute approximate surface area is 238 Å². The van der Waals surface area contributed by atoms with Crippen molar-refractivity contribution in [2.24, 2.45) is 5.92 Å². The molecule has 3 aromatic rings. The number of carbonyl (C=O) groups excluding carboxylic acids is 3. The largest absolute Gasteiger partial charge is 0.351 e. The van der Waals surface area contributed by atoms with Gasteiger partial charge in [0.2, 0.25) is 5.95 Å². The maximum Gasteiger partial charge on any atom is 0.265 e. The SMILES string of the molecule is CC1(C)CC(CCCN2C(=O)c3ccccc3C2=O)CN1c1nc(Br)ccc1C(=O)NSc1cccc(F)n1. The smallest absolute Gasteiger partial charge is 0.265 e. The summed E-state index contributed by atoms with van der Waals surface area (Å²) in [5.41, 5.74) is 1.06. The molecule has 0 bridgehead atoms. The molecule has 2 aliphatic rings. The average molecular weight is 613 g/mol. The van der Waals surface area contributed by atoms with Crippen molar-refractivity contribution in [1.82, 2.24) is 19.6 Å². The van der Waals surface area contributed by atoms with Crippen LogP contribution in [0.1, 0.15) is 64.2 Å². The number of hydrogen-bond acceptors (Lipinski definition) is 7. The molecule has 0 aliphatic carbocycles. The first-order valence-corrected chi connectivity index (χ1v) is 14.2. The van der Waals surface area contributed by atoms with Gasteiger partial charge in [-0.2, -0.15) is 4.39 Å². The molecule has 0 radical (unpaired) electrons. The topological polar surface area (TPSA) is 95.5 Å². The highest BCUT2D eigenvalue weighted by Crippen LogP contribution is 2.40. The van der Waals surface area contributed by atoms with E-state index in [0.29, 0.717) is 51.6 Å². The summed E-state index contributed by atoms with van der Waals surface area (Å²) >= 11 is 4.38. The molecule has 2 aliphatic heterocycles. The lowest BCUT2D eigenvalue weighted by Gasteiger charge is -2.33. The Kier molecular flexibility index (Phi) is 7.73. The minimum absolute atomic E-state index is 0.232. The fourth-order valence-corrected chi connectivity index (χ4v) is 6.23. The summed E-state index contributed by atoms with van der Waals surface area (Å²) in [5, 5.41) is 0.342. The number of nitrogens with zero attached hydrogens (tertiary/aromatic N) is 4. The quantitative estimate of drug-likeness (QED) is 0.204. The molecule has 8 nitrogen and oxygen atoms in total. The van der Waals surface area contributed by atoms with E-state index < -0.39 is 5.95 Å². The Balaban J connectivity index is 1.25. The average Bonchev–Trinajstić information content (AvgIpc) is 3.34. The number of rotatable bonds is 8. The lowest BCUT2D eigenvalue weighted by atomic mass is 9.93. The van der Waals surface area contributed by atoms with Gasteiger partial charge in [-0.05, 0) is 91.4 Å². The van der Waals surface area contributed by atoms with Crippen molar-refractivity contribution in [3.05, 3.63) is 81.8 Å². The molecular weight excluding hydrogens is 585 g/mol. The van der Waals surface area contributed by atoms with Gasteiger partial charge in [-0.25, -0.2) is 9.97 Å². The van der Waals surface area contributed by atoms with E-state index in [-0.39, 0.29) is 29.2 Å². The van der Waals surface area contributed by atoms with E-state index in [2.05, 4.69) is 49.4 Å². The molecule has 0 spiro atoms. The van der Waals surface area contributed by atoms with Crippen molar-refractivity contribution in [2.75, 3.05) is 18.0 Å². The van der Waals surface area contributed by atoms with Gasteiger partial charge >= 0.3 is 0 Å². The van der Waals surface area contributed by atoms with Gasteiger partial charge in [-0.3, -0.25) is 24.0 Å². The number of fused-ring (bicyclic) bond motifs is 1. The Morgan fingerprint density at radius 2 is 1.79 bits per heavy atom. The third kappa shape index (κ3) is 5.69. The Morgan fingerprint density at radius 1 is 1.08 bits per heavy atom. The van der Waals surface area contributed by atoms with Crippen LogP contribution in [0, 0.1) is 11.9 Å². The zero-order chi connectivity index (χ0) is 27.7. The molecule has 1 aromatic carbocycles. The van der Waals surface area contributed by atoms with Crippen molar-refractivity contribution in [3.63, 3.8) is 0 Å². The Hall–Kier alpha value is -3.31. The maximum atomic E-state index is 13.4. The number of nitrogens with one attached hydrogen (secondary N) is 1. The molecule has 39 heavy (non-hydrogen) atoms. The summed E-state index contributed by atoms with van der Waals surface area (Å²) < 4.78 is 16.8. The van der Waals surface area contributed by atoms with Crippen LogP contribution in [0.5, 0.6) is 0 Å². The van der Waals surface area contributed by atoms with Crippen LogP contribution in [0.25, 0.3) is 0 Å². The van der Waals surface area contributed by atoms with E-state index in [1.54, 1.807) is 42.5 Å². The van der Waals surface area contributed by atoms with Gasteiger partial charge in [0, 0.05) is 30.6 Å². The molecule has 11 heteroatoms. The normalized spacial score (nSPS) is 18.0. The van der Waals surface area contributed by atoms with Crippen LogP contribution >= 0.6 is 27.9 Å². The number of amides is 3. The zero-order valence-corrected chi connectivity index (χ0v) is 23.9. The monoisotopic (exact) mass is 611 g/mol. The van der Waals surface area contributed by atoms with E-state index in [1.807, 2.05) is 0 Å². The van der Waals surface area contributed by atoms with Crippen LogP contribution in [0.3, 0.4) is 0 Å². The summed E-state index contributed by atoms with van der Waals surface area (Å²) in [6, 6.07) is 14.7. The van der Waals surface area contributed by atoms with Crippen molar-refractivity contribution in [1.29, 1.82) is 0 Å². The van der Waals surface area contributed by atoms with Crippen LogP contribution in [-0.4, -0.2) is 51.2 Å². The van der Waals surface area contributed by atoms with E-state index in [1.165, 1.54) is 17.0 Å². The predicted molar refractivity (Wildman–Crippen MR) is 150 cm³/mol. The summed E-state index contributed by atoms with van der Waals surface area (Å²) in [4.78, 5) is 50.4. The first kappa shape index (κ1) is 27.3. The van der Waals surface area contributed by atoms with Crippen LogP contribution in [0.15, 0.2) is 64.2 Å². The zero-order valence-electron chi connectivity index (χ0n) is 21.5. The number of benzene rings is 1. The van der Waals surface area contributed by atoms with Crippen LogP contribution in [0.2, 0.25) is 0 Å². The third-order valence-corrected chi connectivity index (χ3v) is 8.28. The van der Waals surface area contributed by atoms with Crippen molar-refractivity contribution in [2.45, 2.75) is 43.7 Å². The van der Waals surface area contributed by atoms with E-state index >= 15 is 0 Å². The molecular formula is C28H27BrFN5O3S. The number of imide groups is 1. The minimum atomic E-state index is -0.617. The standard InChI is InChI=1S/C28H27BrFN5O3S/c1-28(2)15-17(7-6-14-34-26(37)18-8-3-4-9-19(18)27(34)38)16-35(28)24-20(12-13-21(29)31-24)25(36)33-39-23-11-5-10-22(30)32-23/h3-5,8-13,17H,6-7,14-16H2,1-2H3,(H,33,36). The minimum Gasteiger partial charge on any atom is -0.351 e. The van der Waals surface area contributed by atoms with Gasteiger partial charge in [0.1, 0.15) is 15.4 Å². The van der Waals surface area contributed by atoms with Gasteiger partial charge in [-0.1, -0.05) is 18.2 Å². The van der Waals surface area contributed by atoms with Crippen LogP contribution < -0.4 is 9.62 Å². The van der Waals surface area contributed by atoms with Gasteiger partial charge < -0.3 is 4.90 Å². The van der Waals surface area contributed by atoms with Gasteiger partial charge in [0.25, 0.3) is 17.7 Å². The predicted octanol–water partition coefficient (Wildman–Crippen LogP) is 5.50. The molecule has 1 N–H and O–H groups in total. The number of hydrogen-bond donors (Lipinski definition) is 1. The van der Waals surface area contributed by atoms with Crippen molar-refractivity contribution < 1.29 is 18.8 Å². The van der Waals surface area contributed by atoms with Gasteiger partial charge in [0.15, 0.2) is 0 Å². The molecule has 1 unspecified atom stereocenters. The summed E-state index contributed by atoms with van der Waals surface area (Å²) in [6.07, 6.45) is 2.38. The third-order valence-electron chi connectivity index (χ3n) is 7.11. The Bertz CT molecular complexity index is 1420. The molecule has 5 rings (SSSR count). The first-order chi connectivity index (χ1) is 18.6. The van der Waals surface area contributed by atoms with Gasteiger partial charge in [0.05, 0.1) is 16.7 Å². The molecule has 3 amide bonds. The molecule has 1 atom stereocenters. The lowest BCUT2D eigenvalue weighted by molar-refractivity contribution is 0.0649. The molecule has 1 fully saturated rings. The highest BCUT2D eigenvalue weighted by Gasteiger charge is 2.41. The summed E-state index contributed by atoms with van der Waals surface area (Å²) in [5.74, 6) is -0.590. The second-order valence-corrected chi connectivity index (χ2v) is 11.9. The number of anilines is 1.